The van der Waals surface area contributed by atoms with Gasteiger partial charge in [0.05, 0.1) is 7.11 Å². The van der Waals surface area contributed by atoms with Crippen LogP contribution in [0.25, 0.3) is 0 Å². The molecule has 2 rings (SSSR count). The normalized spacial score (nSPS) is 13.3. The highest BCUT2D eigenvalue weighted by molar-refractivity contribution is 5.85. The van der Waals surface area contributed by atoms with Gasteiger partial charge in [0.15, 0.2) is 5.54 Å². The van der Waals surface area contributed by atoms with Crippen molar-refractivity contribution in [3.8, 4) is 0 Å². The fourth-order valence-electron chi connectivity index (χ4n) is 1.99. The smallest absolute Gasteiger partial charge is 0.335 e. The van der Waals surface area contributed by atoms with Gasteiger partial charge in [0.1, 0.15) is 5.82 Å². The number of benzene rings is 1. The zero-order chi connectivity index (χ0) is 14.6. The van der Waals surface area contributed by atoms with Crippen LogP contribution >= 0.6 is 0 Å². The number of anilines is 1. The molecule has 20 heavy (non-hydrogen) atoms. The Morgan fingerprint density at radius 1 is 1.30 bits per heavy atom. The van der Waals surface area contributed by atoms with Gasteiger partial charge in [-0.15, -0.1) is 0 Å². The van der Waals surface area contributed by atoms with E-state index in [1.54, 1.807) is 43.6 Å². The molecule has 1 aromatic heterocycles. The summed E-state index contributed by atoms with van der Waals surface area (Å²) in [7, 11) is 1.31. The van der Waals surface area contributed by atoms with Crippen molar-refractivity contribution in [3.63, 3.8) is 0 Å². The average Bonchev–Trinajstić information content (AvgIpc) is 2.47. The summed E-state index contributed by atoms with van der Waals surface area (Å²) in [5, 5.41) is 3.02. The molecule has 5 heteroatoms. The van der Waals surface area contributed by atoms with Crippen LogP contribution in [0.5, 0.6) is 0 Å². The van der Waals surface area contributed by atoms with Crippen LogP contribution in [0.15, 0.2) is 48.8 Å². The van der Waals surface area contributed by atoms with E-state index in [2.05, 4.69) is 10.3 Å². The van der Waals surface area contributed by atoms with E-state index in [9.17, 15) is 9.18 Å². The third kappa shape index (κ3) is 2.77. The fraction of sp³-hybridized carbons (Fsp3) is 0.200. The van der Waals surface area contributed by atoms with Crippen molar-refractivity contribution in [2.45, 2.75) is 12.5 Å². The summed E-state index contributed by atoms with van der Waals surface area (Å²) in [6.07, 6.45) is 3.17. The lowest BCUT2D eigenvalue weighted by Gasteiger charge is -2.29. The topological polar surface area (TPSA) is 51.2 Å². The predicted molar refractivity (Wildman–Crippen MR) is 73.6 cm³/mol. The second kappa shape index (κ2) is 5.69. The van der Waals surface area contributed by atoms with Gasteiger partial charge < -0.3 is 10.1 Å². The number of hydrogen-bond donors (Lipinski definition) is 1. The van der Waals surface area contributed by atoms with Crippen molar-refractivity contribution in [1.82, 2.24) is 4.98 Å². The van der Waals surface area contributed by atoms with E-state index in [1.165, 1.54) is 19.2 Å². The summed E-state index contributed by atoms with van der Waals surface area (Å²) >= 11 is 0. The minimum absolute atomic E-state index is 0.378. The highest BCUT2D eigenvalue weighted by Gasteiger charge is 2.36. The number of esters is 1. The Morgan fingerprint density at radius 3 is 2.60 bits per heavy atom. The molecule has 0 bridgehead atoms. The minimum atomic E-state index is -1.12. The number of methoxy groups -OCH3 is 1. The number of halogens is 1. The van der Waals surface area contributed by atoms with Gasteiger partial charge in [-0.1, -0.05) is 6.07 Å². The van der Waals surface area contributed by atoms with Crippen LogP contribution in [0.4, 0.5) is 10.1 Å². The van der Waals surface area contributed by atoms with Gasteiger partial charge in [-0.25, -0.2) is 9.18 Å². The number of hydrogen-bond acceptors (Lipinski definition) is 4. The number of nitrogens with one attached hydrogen (secondary N) is 1. The molecule has 0 saturated heterocycles. The van der Waals surface area contributed by atoms with Gasteiger partial charge >= 0.3 is 5.97 Å². The molecular formula is C15H15FN2O2. The Morgan fingerprint density at radius 2 is 2.00 bits per heavy atom. The van der Waals surface area contributed by atoms with Gasteiger partial charge in [-0.3, -0.25) is 4.98 Å². The van der Waals surface area contributed by atoms with Crippen molar-refractivity contribution in [2.24, 2.45) is 0 Å². The molecule has 0 fully saturated rings. The van der Waals surface area contributed by atoms with Crippen molar-refractivity contribution >= 4 is 11.7 Å². The molecule has 1 atom stereocenters. The first kappa shape index (κ1) is 14.0. The van der Waals surface area contributed by atoms with Crippen LogP contribution in [0.2, 0.25) is 0 Å². The third-order valence-corrected chi connectivity index (χ3v) is 3.07. The highest BCUT2D eigenvalue weighted by atomic mass is 19.1. The Balaban J connectivity index is 2.41. The van der Waals surface area contributed by atoms with Gasteiger partial charge in [0, 0.05) is 18.1 Å². The lowest BCUT2D eigenvalue weighted by Crippen LogP contribution is -2.41. The van der Waals surface area contributed by atoms with Crippen molar-refractivity contribution < 1.29 is 13.9 Å². The van der Waals surface area contributed by atoms with Gasteiger partial charge in [0.25, 0.3) is 0 Å². The summed E-state index contributed by atoms with van der Waals surface area (Å²) in [6.45, 7) is 1.68. The molecule has 1 unspecified atom stereocenters. The SMILES string of the molecule is COC(=O)C(C)(Nc1cccc(F)c1)c1ccncc1. The lowest BCUT2D eigenvalue weighted by molar-refractivity contribution is -0.145. The number of rotatable bonds is 4. The number of carbonyl (C=O) groups is 1. The molecule has 0 aliphatic rings. The molecule has 104 valence electrons. The highest BCUT2D eigenvalue weighted by Crippen LogP contribution is 2.27. The number of aromatic nitrogens is 1. The molecule has 0 radical (unpaired) electrons. The average molecular weight is 274 g/mol. The van der Waals surface area contributed by atoms with Crippen LogP contribution in [0.1, 0.15) is 12.5 Å². The van der Waals surface area contributed by atoms with Crippen molar-refractivity contribution in [3.05, 3.63) is 60.2 Å². The predicted octanol–water partition coefficient (Wildman–Crippen LogP) is 2.72. The number of pyridine rings is 1. The minimum Gasteiger partial charge on any atom is -0.467 e. The maximum Gasteiger partial charge on any atom is 0.335 e. The Hall–Kier alpha value is -2.43. The number of carbonyl (C=O) groups excluding carboxylic acids is 1. The first-order valence-corrected chi connectivity index (χ1v) is 6.09. The Labute approximate surface area is 116 Å². The standard InChI is InChI=1S/C15H15FN2O2/c1-15(14(19)20-2,11-6-8-17-9-7-11)18-13-5-3-4-12(16)10-13/h3-10,18H,1-2H3. The lowest BCUT2D eigenvalue weighted by atomic mass is 9.92. The molecule has 0 spiro atoms. The van der Waals surface area contributed by atoms with Gasteiger partial charge in [-0.2, -0.15) is 0 Å². The second-order valence-electron chi connectivity index (χ2n) is 4.49. The number of ether oxygens (including phenoxy) is 1. The summed E-state index contributed by atoms with van der Waals surface area (Å²) in [5.41, 5.74) is 0.0594. The van der Waals surface area contributed by atoms with E-state index in [-0.39, 0.29) is 5.82 Å². The Bertz CT molecular complexity index is 604. The molecule has 2 aromatic rings. The molecule has 1 heterocycles. The maximum atomic E-state index is 13.3. The fourth-order valence-corrected chi connectivity index (χ4v) is 1.99. The second-order valence-corrected chi connectivity index (χ2v) is 4.49. The molecule has 1 aromatic carbocycles. The molecular weight excluding hydrogens is 259 g/mol. The molecule has 0 amide bonds. The van der Waals surface area contributed by atoms with E-state index in [0.29, 0.717) is 11.3 Å². The summed E-state index contributed by atoms with van der Waals surface area (Å²) < 4.78 is 18.1. The van der Waals surface area contributed by atoms with E-state index >= 15 is 0 Å². The van der Waals surface area contributed by atoms with Crippen LogP contribution < -0.4 is 5.32 Å². The van der Waals surface area contributed by atoms with Gasteiger partial charge in [0.2, 0.25) is 0 Å². The molecule has 4 nitrogen and oxygen atoms in total. The van der Waals surface area contributed by atoms with Gasteiger partial charge in [-0.05, 0) is 42.8 Å². The monoisotopic (exact) mass is 274 g/mol. The third-order valence-electron chi connectivity index (χ3n) is 3.07. The summed E-state index contributed by atoms with van der Waals surface area (Å²) in [6, 6.07) is 9.34. The first-order valence-electron chi connectivity index (χ1n) is 6.09. The largest absolute Gasteiger partial charge is 0.467 e. The van der Waals surface area contributed by atoms with E-state index in [1.807, 2.05) is 0 Å². The zero-order valence-corrected chi connectivity index (χ0v) is 11.3. The van der Waals surface area contributed by atoms with E-state index in [0.717, 1.165) is 0 Å². The van der Waals surface area contributed by atoms with Crippen LogP contribution in [0, 0.1) is 5.82 Å². The quantitative estimate of drug-likeness (QED) is 0.871. The molecule has 1 N–H and O–H groups in total. The van der Waals surface area contributed by atoms with Crippen LogP contribution in [-0.4, -0.2) is 18.1 Å². The maximum absolute atomic E-state index is 13.3. The number of nitrogens with zero attached hydrogens (tertiary/aromatic N) is 1. The first-order chi connectivity index (χ1) is 9.56. The van der Waals surface area contributed by atoms with E-state index in [4.69, 9.17) is 4.74 Å². The van der Waals surface area contributed by atoms with Crippen molar-refractivity contribution in [2.75, 3.05) is 12.4 Å². The van der Waals surface area contributed by atoms with Crippen molar-refractivity contribution in [1.29, 1.82) is 0 Å². The summed E-state index contributed by atoms with van der Waals surface area (Å²) in [4.78, 5) is 16.0. The molecule has 0 saturated carbocycles. The zero-order valence-electron chi connectivity index (χ0n) is 11.3. The molecule has 0 aliphatic heterocycles. The van der Waals surface area contributed by atoms with Crippen LogP contribution in [-0.2, 0) is 15.1 Å². The molecule has 0 aliphatic carbocycles. The summed E-state index contributed by atoms with van der Waals surface area (Å²) in [5.74, 6) is -0.843. The Kier molecular flexibility index (Phi) is 3.98. The van der Waals surface area contributed by atoms with E-state index < -0.39 is 11.5 Å². The van der Waals surface area contributed by atoms with Crippen LogP contribution in [0.3, 0.4) is 0 Å².